The Bertz CT molecular complexity index is 490. The molecule has 2 saturated carbocycles. The van der Waals surface area contributed by atoms with Gasteiger partial charge in [-0.15, -0.1) is 0 Å². The average Bonchev–Trinajstić information content (AvgIpc) is 3.19. The molecule has 1 aliphatic heterocycles. The van der Waals surface area contributed by atoms with Crippen LogP contribution in [0, 0.1) is 17.8 Å². The van der Waals surface area contributed by atoms with E-state index in [2.05, 4.69) is 23.6 Å². The lowest BCUT2D eigenvalue weighted by atomic mass is 9.80. The number of fused-ring (bicyclic) bond motifs is 3. The van der Waals surface area contributed by atoms with E-state index in [4.69, 9.17) is 10.6 Å². The predicted octanol–water partition coefficient (Wildman–Crippen LogP) is 2.82. The summed E-state index contributed by atoms with van der Waals surface area (Å²) in [5, 5.41) is 0. The van der Waals surface area contributed by atoms with Crippen molar-refractivity contribution in [3.05, 3.63) is 29.8 Å². The summed E-state index contributed by atoms with van der Waals surface area (Å²) in [4.78, 5) is 0. The average molecular weight is 272 g/mol. The Labute approximate surface area is 120 Å². The molecule has 3 N–H and O–H groups in total. The molecule has 108 valence electrons. The van der Waals surface area contributed by atoms with Crippen LogP contribution in [0.2, 0.25) is 0 Å². The Morgan fingerprint density at radius 1 is 1.25 bits per heavy atom. The van der Waals surface area contributed by atoms with Gasteiger partial charge < -0.3 is 4.74 Å². The second kappa shape index (κ2) is 5.05. The molecule has 3 heteroatoms. The molecule has 1 heterocycles. The highest BCUT2D eigenvalue weighted by Gasteiger charge is 2.42. The largest absolute Gasteiger partial charge is 0.493 e. The number of hydrogen-bond donors (Lipinski definition) is 2. The Balaban J connectivity index is 1.49. The highest BCUT2D eigenvalue weighted by atomic mass is 16.5. The molecule has 2 bridgehead atoms. The summed E-state index contributed by atoms with van der Waals surface area (Å²) in [6, 6.07) is 8.76. The van der Waals surface area contributed by atoms with Gasteiger partial charge in [-0.25, -0.2) is 0 Å². The summed E-state index contributed by atoms with van der Waals surface area (Å²) in [6.07, 6.45) is 7.03. The Hall–Kier alpha value is -1.06. The van der Waals surface area contributed by atoms with E-state index in [1.807, 2.05) is 6.07 Å². The van der Waals surface area contributed by atoms with E-state index in [-0.39, 0.29) is 0 Å². The van der Waals surface area contributed by atoms with Crippen molar-refractivity contribution in [1.82, 2.24) is 5.43 Å². The zero-order valence-corrected chi connectivity index (χ0v) is 11.9. The summed E-state index contributed by atoms with van der Waals surface area (Å²) in [6.45, 7) is 0.773. The third-order valence-corrected chi connectivity index (χ3v) is 5.88. The minimum absolute atomic E-state index is 0.350. The van der Waals surface area contributed by atoms with Crippen LogP contribution in [0.15, 0.2) is 24.3 Å². The van der Waals surface area contributed by atoms with Gasteiger partial charge in [0.1, 0.15) is 5.75 Å². The summed E-state index contributed by atoms with van der Waals surface area (Å²) in [7, 11) is 0. The van der Waals surface area contributed by atoms with Gasteiger partial charge in [0.25, 0.3) is 0 Å². The number of hydrogen-bond acceptors (Lipinski definition) is 3. The molecule has 20 heavy (non-hydrogen) atoms. The molecule has 4 rings (SSSR count). The van der Waals surface area contributed by atoms with Gasteiger partial charge in [-0.2, -0.15) is 0 Å². The van der Waals surface area contributed by atoms with Crippen molar-refractivity contribution in [2.24, 2.45) is 23.6 Å². The maximum atomic E-state index is 5.88. The predicted molar refractivity (Wildman–Crippen MR) is 79.3 cm³/mol. The molecule has 2 aliphatic carbocycles. The van der Waals surface area contributed by atoms with Crippen molar-refractivity contribution < 1.29 is 4.74 Å². The molecular formula is C17H24N2O. The monoisotopic (exact) mass is 272 g/mol. The summed E-state index contributed by atoms with van der Waals surface area (Å²) in [5.41, 5.74) is 4.42. The van der Waals surface area contributed by atoms with Crippen LogP contribution in [0.4, 0.5) is 0 Å². The van der Waals surface area contributed by atoms with Crippen LogP contribution in [0.25, 0.3) is 0 Å². The molecule has 0 spiro atoms. The highest BCUT2D eigenvalue weighted by Crippen LogP contribution is 2.51. The SMILES string of the molecule is NNC(CC1CC2CCC1C2)C1COc2ccccc21. The van der Waals surface area contributed by atoms with Crippen LogP contribution >= 0.6 is 0 Å². The van der Waals surface area contributed by atoms with Crippen LogP contribution < -0.4 is 16.0 Å². The molecule has 5 atom stereocenters. The third-order valence-electron chi connectivity index (χ3n) is 5.88. The van der Waals surface area contributed by atoms with Crippen LogP contribution in [0.1, 0.15) is 43.6 Å². The normalized spacial score (nSPS) is 35.9. The molecule has 0 aromatic heterocycles. The minimum atomic E-state index is 0.350. The molecular weight excluding hydrogens is 248 g/mol. The second-order valence-corrected chi connectivity index (χ2v) is 6.90. The van der Waals surface area contributed by atoms with Gasteiger partial charge >= 0.3 is 0 Å². The van der Waals surface area contributed by atoms with Crippen molar-refractivity contribution in [1.29, 1.82) is 0 Å². The van der Waals surface area contributed by atoms with Crippen molar-refractivity contribution in [3.63, 3.8) is 0 Å². The minimum Gasteiger partial charge on any atom is -0.493 e. The molecule has 3 aliphatic rings. The quantitative estimate of drug-likeness (QED) is 0.654. The van der Waals surface area contributed by atoms with Crippen molar-refractivity contribution >= 4 is 0 Å². The molecule has 3 nitrogen and oxygen atoms in total. The van der Waals surface area contributed by atoms with Gasteiger partial charge in [0.15, 0.2) is 0 Å². The zero-order valence-electron chi connectivity index (χ0n) is 11.9. The summed E-state index contributed by atoms with van der Waals surface area (Å²) < 4.78 is 5.82. The lowest BCUT2D eigenvalue weighted by Crippen LogP contribution is -2.42. The van der Waals surface area contributed by atoms with E-state index in [9.17, 15) is 0 Å². The fraction of sp³-hybridized carbons (Fsp3) is 0.647. The number of ether oxygens (including phenoxy) is 1. The van der Waals surface area contributed by atoms with Gasteiger partial charge in [-0.05, 0) is 49.5 Å². The van der Waals surface area contributed by atoms with Crippen LogP contribution in [0.5, 0.6) is 5.75 Å². The van der Waals surface area contributed by atoms with Crippen LogP contribution in [0.3, 0.4) is 0 Å². The van der Waals surface area contributed by atoms with E-state index in [1.165, 1.54) is 37.7 Å². The number of nitrogens with two attached hydrogens (primary N) is 1. The molecule has 0 radical (unpaired) electrons. The first-order valence-corrected chi connectivity index (χ1v) is 8.03. The first kappa shape index (κ1) is 12.7. The number of benzene rings is 1. The highest BCUT2D eigenvalue weighted by molar-refractivity contribution is 5.40. The maximum Gasteiger partial charge on any atom is 0.122 e. The van der Waals surface area contributed by atoms with E-state index >= 15 is 0 Å². The van der Waals surface area contributed by atoms with E-state index in [1.54, 1.807) is 0 Å². The van der Waals surface area contributed by atoms with Gasteiger partial charge in [0, 0.05) is 17.5 Å². The maximum absolute atomic E-state index is 5.88. The number of nitrogens with one attached hydrogen (secondary N) is 1. The van der Waals surface area contributed by atoms with Crippen LogP contribution in [-0.2, 0) is 0 Å². The zero-order chi connectivity index (χ0) is 13.5. The Morgan fingerprint density at radius 3 is 2.90 bits per heavy atom. The van der Waals surface area contributed by atoms with Gasteiger partial charge in [-0.3, -0.25) is 11.3 Å². The van der Waals surface area contributed by atoms with Crippen molar-refractivity contribution in [2.45, 2.75) is 44.1 Å². The Morgan fingerprint density at radius 2 is 2.15 bits per heavy atom. The standard InChI is InChI=1S/C17H24N2O/c18-19-16(9-13-8-11-5-6-12(13)7-11)15-10-20-17-4-2-1-3-14(15)17/h1-4,11-13,15-16,19H,5-10,18H2. The lowest BCUT2D eigenvalue weighted by Gasteiger charge is -2.29. The van der Waals surface area contributed by atoms with E-state index < -0.39 is 0 Å². The molecule has 1 aromatic carbocycles. The number of hydrazine groups is 1. The number of para-hydroxylation sites is 1. The Kier molecular flexibility index (Phi) is 3.20. The summed E-state index contributed by atoms with van der Waals surface area (Å²) >= 11 is 0. The summed E-state index contributed by atoms with van der Waals surface area (Å²) in [5.74, 6) is 10.2. The fourth-order valence-corrected chi connectivity index (χ4v) is 4.86. The molecule has 2 fully saturated rings. The van der Waals surface area contributed by atoms with Crippen molar-refractivity contribution in [2.75, 3.05) is 6.61 Å². The number of rotatable bonds is 4. The topological polar surface area (TPSA) is 47.3 Å². The molecule has 0 amide bonds. The molecule has 1 aromatic rings. The van der Waals surface area contributed by atoms with Crippen molar-refractivity contribution in [3.8, 4) is 5.75 Å². The first-order valence-electron chi connectivity index (χ1n) is 8.03. The van der Waals surface area contributed by atoms with Gasteiger partial charge in [-0.1, -0.05) is 24.6 Å². The van der Waals surface area contributed by atoms with E-state index in [0.29, 0.717) is 12.0 Å². The molecule has 0 saturated heterocycles. The van der Waals surface area contributed by atoms with Gasteiger partial charge in [0.2, 0.25) is 0 Å². The third kappa shape index (κ3) is 2.04. The smallest absolute Gasteiger partial charge is 0.122 e. The van der Waals surface area contributed by atoms with E-state index in [0.717, 1.165) is 30.1 Å². The molecule has 5 unspecified atom stereocenters. The fourth-order valence-electron chi connectivity index (χ4n) is 4.86. The van der Waals surface area contributed by atoms with Crippen LogP contribution in [-0.4, -0.2) is 12.6 Å². The lowest BCUT2D eigenvalue weighted by molar-refractivity contribution is 0.238. The van der Waals surface area contributed by atoms with Gasteiger partial charge in [0.05, 0.1) is 6.61 Å². The first-order chi connectivity index (χ1) is 9.85. The second-order valence-electron chi connectivity index (χ2n) is 6.90.